The van der Waals surface area contributed by atoms with Crippen LogP contribution in [0.2, 0.25) is 0 Å². The number of rotatable bonds is 6. The van der Waals surface area contributed by atoms with Crippen LogP contribution in [-0.2, 0) is 20.9 Å². The van der Waals surface area contributed by atoms with Crippen LogP contribution < -0.4 is 15.4 Å². The Hall–Kier alpha value is -2.86. The Balaban J connectivity index is 1.82. The summed E-state index contributed by atoms with van der Waals surface area (Å²) in [7, 11) is 1.54. The molecule has 2 N–H and O–H groups in total. The standard InChI is InChI=1S/C23H28N2O4/c1-23(2,3)22(27)25-19-11-17-16(14-29-13-15-8-6-5-7-9-15)10-21(26)24-18(17)12-20(19)28-4/h5-9,11-12,16H,10,13-14H2,1-4H3,(H,24,26)(H,25,27)/t16-/m0/s1. The van der Waals surface area contributed by atoms with E-state index >= 15 is 0 Å². The van der Waals surface area contributed by atoms with Crippen molar-refractivity contribution in [2.75, 3.05) is 24.4 Å². The lowest BCUT2D eigenvalue weighted by Gasteiger charge is -2.28. The van der Waals surface area contributed by atoms with Gasteiger partial charge in [-0.2, -0.15) is 0 Å². The molecule has 1 heterocycles. The summed E-state index contributed by atoms with van der Waals surface area (Å²) in [6.45, 7) is 6.46. The third-order valence-corrected chi connectivity index (χ3v) is 4.88. The van der Waals surface area contributed by atoms with Gasteiger partial charge in [-0.1, -0.05) is 51.1 Å². The first-order valence-corrected chi connectivity index (χ1v) is 9.73. The van der Waals surface area contributed by atoms with E-state index in [9.17, 15) is 9.59 Å². The topological polar surface area (TPSA) is 76.7 Å². The molecule has 1 aliphatic rings. The Morgan fingerprint density at radius 1 is 1.21 bits per heavy atom. The van der Waals surface area contributed by atoms with E-state index in [0.717, 1.165) is 11.1 Å². The summed E-state index contributed by atoms with van der Waals surface area (Å²) in [6.07, 6.45) is 0.334. The molecule has 3 rings (SSSR count). The van der Waals surface area contributed by atoms with Gasteiger partial charge in [0.1, 0.15) is 5.75 Å². The van der Waals surface area contributed by atoms with Crippen LogP contribution in [0.5, 0.6) is 5.75 Å². The number of carbonyl (C=O) groups is 2. The lowest BCUT2D eigenvalue weighted by atomic mass is 9.90. The molecule has 0 saturated heterocycles. The summed E-state index contributed by atoms with van der Waals surface area (Å²) in [5.74, 6) is 0.248. The highest BCUT2D eigenvalue weighted by Crippen LogP contribution is 2.40. The molecule has 0 unspecified atom stereocenters. The Labute approximate surface area is 171 Å². The third kappa shape index (κ3) is 5.15. The number of ether oxygens (including phenoxy) is 2. The van der Waals surface area contributed by atoms with Gasteiger partial charge in [0, 0.05) is 29.5 Å². The number of anilines is 2. The van der Waals surface area contributed by atoms with Crippen LogP contribution in [0.15, 0.2) is 42.5 Å². The largest absolute Gasteiger partial charge is 0.494 e. The van der Waals surface area contributed by atoms with Crippen LogP contribution in [0.3, 0.4) is 0 Å². The lowest BCUT2D eigenvalue weighted by Crippen LogP contribution is -2.29. The highest BCUT2D eigenvalue weighted by molar-refractivity contribution is 5.99. The molecule has 2 amide bonds. The first-order chi connectivity index (χ1) is 13.8. The molecule has 1 aliphatic heterocycles. The number of fused-ring (bicyclic) bond motifs is 1. The van der Waals surface area contributed by atoms with Crippen LogP contribution in [0.25, 0.3) is 0 Å². The quantitative estimate of drug-likeness (QED) is 0.762. The molecule has 1 atom stereocenters. The molecule has 0 aromatic heterocycles. The zero-order valence-electron chi connectivity index (χ0n) is 17.4. The maximum absolute atomic E-state index is 12.5. The molecule has 2 aromatic rings. The van der Waals surface area contributed by atoms with Crippen molar-refractivity contribution in [1.29, 1.82) is 0 Å². The number of methoxy groups -OCH3 is 1. The van der Waals surface area contributed by atoms with Crippen LogP contribution in [0.1, 0.15) is 44.2 Å². The summed E-state index contributed by atoms with van der Waals surface area (Å²) >= 11 is 0. The second-order valence-corrected chi connectivity index (χ2v) is 8.29. The van der Waals surface area contributed by atoms with Crippen molar-refractivity contribution in [2.24, 2.45) is 5.41 Å². The number of hydrogen-bond donors (Lipinski definition) is 2. The molecule has 6 nitrogen and oxygen atoms in total. The smallest absolute Gasteiger partial charge is 0.229 e. The molecule has 29 heavy (non-hydrogen) atoms. The van der Waals surface area contributed by atoms with Gasteiger partial charge in [-0.25, -0.2) is 0 Å². The van der Waals surface area contributed by atoms with Crippen molar-refractivity contribution < 1.29 is 19.1 Å². The SMILES string of the molecule is COc1cc2c(cc1NC(=O)C(C)(C)C)[C@H](COCc1ccccc1)CC(=O)N2. The fraction of sp³-hybridized carbons (Fsp3) is 0.391. The minimum atomic E-state index is -0.534. The summed E-state index contributed by atoms with van der Waals surface area (Å²) in [6, 6.07) is 13.6. The Bertz CT molecular complexity index is 888. The zero-order chi connectivity index (χ0) is 21.0. The van der Waals surface area contributed by atoms with Gasteiger partial charge in [0.05, 0.1) is 26.0 Å². The maximum atomic E-state index is 12.5. The predicted octanol–water partition coefficient (Wildman–Crippen LogP) is 4.32. The van der Waals surface area contributed by atoms with E-state index in [1.807, 2.05) is 57.2 Å². The van der Waals surface area contributed by atoms with Crippen molar-refractivity contribution in [3.8, 4) is 5.75 Å². The first-order valence-electron chi connectivity index (χ1n) is 9.73. The monoisotopic (exact) mass is 396 g/mol. The number of benzene rings is 2. The fourth-order valence-electron chi connectivity index (χ4n) is 3.20. The van der Waals surface area contributed by atoms with Crippen molar-refractivity contribution >= 4 is 23.2 Å². The average Bonchev–Trinajstić information content (AvgIpc) is 2.67. The van der Waals surface area contributed by atoms with E-state index in [1.54, 1.807) is 13.2 Å². The van der Waals surface area contributed by atoms with Crippen LogP contribution >= 0.6 is 0 Å². The third-order valence-electron chi connectivity index (χ3n) is 4.88. The van der Waals surface area contributed by atoms with Gasteiger partial charge >= 0.3 is 0 Å². The van der Waals surface area contributed by atoms with Gasteiger partial charge < -0.3 is 20.1 Å². The van der Waals surface area contributed by atoms with E-state index in [4.69, 9.17) is 9.47 Å². The molecule has 0 aliphatic carbocycles. The van der Waals surface area contributed by atoms with E-state index in [2.05, 4.69) is 10.6 Å². The second-order valence-electron chi connectivity index (χ2n) is 8.29. The van der Waals surface area contributed by atoms with Crippen LogP contribution in [-0.4, -0.2) is 25.5 Å². The molecule has 0 bridgehead atoms. The molecule has 0 radical (unpaired) electrons. The van der Waals surface area contributed by atoms with Crippen molar-refractivity contribution in [3.63, 3.8) is 0 Å². The van der Waals surface area contributed by atoms with Gasteiger partial charge in [-0.15, -0.1) is 0 Å². The van der Waals surface area contributed by atoms with Crippen molar-refractivity contribution in [1.82, 2.24) is 0 Å². The molecule has 154 valence electrons. The fourth-order valence-corrected chi connectivity index (χ4v) is 3.20. The highest BCUT2D eigenvalue weighted by Gasteiger charge is 2.29. The summed E-state index contributed by atoms with van der Waals surface area (Å²) in [4.78, 5) is 24.7. The summed E-state index contributed by atoms with van der Waals surface area (Å²) in [5, 5.41) is 5.84. The molecular formula is C23H28N2O4. The number of nitrogens with one attached hydrogen (secondary N) is 2. The molecular weight excluding hydrogens is 368 g/mol. The van der Waals surface area contributed by atoms with Gasteiger partial charge in [0.25, 0.3) is 0 Å². The van der Waals surface area contributed by atoms with E-state index in [1.165, 1.54) is 0 Å². The van der Waals surface area contributed by atoms with Crippen molar-refractivity contribution in [3.05, 3.63) is 53.6 Å². The molecule has 0 spiro atoms. The Morgan fingerprint density at radius 2 is 1.93 bits per heavy atom. The summed E-state index contributed by atoms with van der Waals surface area (Å²) in [5.41, 5.74) is 2.77. The number of carbonyl (C=O) groups excluding carboxylic acids is 2. The Kier molecular flexibility index (Phi) is 6.23. The van der Waals surface area contributed by atoms with Gasteiger partial charge in [0.15, 0.2) is 0 Å². The van der Waals surface area contributed by atoms with Crippen LogP contribution in [0, 0.1) is 5.41 Å². The van der Waals surface area contributed by atoms with Crippen LogP contribution in [0.4, 0.5) is 11.4 Å². The van der Waals surface area contributed by atoms with Crippen molar-refractivity contribution in [2.45, 2.75) is 39.7 Å². The lowest BCUT2D eigenvalue weighted by molar-refractivity contribution is -0.123. The van der Waals surface area contributed by atoms with E-state index in [-0.39, 0.29) is 17.7 Å². The molecule has 0 saturated carbocycles. The van der Waals surface area contributed by atoms with Gasteiger partial charge in [0.2, 0.25) is 11.8 Å². The number of amides is 2. The first kappa shape index (κ1) is 20.9. The van der Waals surface area contributed by atoms with E-state index in [0.29, 0.717) is 36.8 Å². The Morgan fingerprint density at radius 3 is 2.59 bits per heavy atom. The average molecular weight is 396 g/mol. The molecule has 0 fully saturated rings. The second kappa shape index (κ2) is 8.66. The normalized spacial score (nSPS) is 16.0. The molecule has 6 heteroatoms. The minimum Gasteiger partial charge on any atom is -0.494 e. The van der Waals surface area contributed by atoms with E-state index < -0.39 is 5.41 Å². The predicted molar refractivity (Wildman–Crippen MR) is 113 cm³/mol. The van der Waals surface area contributed by atoms with Gasteiger partial charge in [-0.3, -0.25) is 9.59 Å². The maximum Gasteiger partial charge on any atom is 0.229 e. The highest BCUT2D eigenvalue weighted by atomic mass is 16.5. The number of hydrogen-bond acceptors (Lipinski definition) is 4. The minimum absolute atomic E-state index is 0.0562. The molecule has 2 aromatic carbocycles. The van der Waals surface area contributed by atoms with Gasteiger partial charge in [-0.05, 0) is 17.2 Å². The zero-order valence-corrected chi connectivity index (χ0v) is 17.4. The summed E-state index contributed by atoms with van der Waals surface area (Å²) < 4.78 is 11.3.